The average Bonchev–Trinajstić information content (AvgIpc) is 2.14. The van der Waals surface area contributed by atoms with E-state index < -0.39 is 15.6 Å². The maximum atomic E-state index is 12.7. The second-order valence-electron chi connectivity index (χ2n) is 3.84. The van der Waals surface area contributed by atoms with E-state index in [2.05, 4.69) is 6.92 Å². The number of alkyl halides is 1. The van der Waals surface area contributed by atoms with Crippen molar-refractivity contribution < 1.29 is 17.4 Å². The van der Waals surface area contributed by atoms with Crippen LogP contribution in [0.5, 0.6) is 0 Å². The third-order valence-corrected chi connectivity index (χ3v) is 3.24. The van der Waals surface area contributed by atoms with E-state index >= 15 is 0 Å². The highest BCUT2D eigenvalue weighted by Crippen LogP contribution is 2.13. The summed E-state index contributed by atoms with van der Waals surface area (Å²) in [6, 6.07) is 0. The molecule has 0 aromatic carbocycles. The molecule has 0 aliphatic heterocycles. The van der Waals surface area contributed by atoms with E-state index in [1.54, 1.807) is 0 Å². The highest BCUT2D eigenvalue weighted by atomic mass is 32.2. The van der Waals surface area contributed by atoms with Crippen molar-refractivity contribution in [2.45, 2.75) is 63.8 Å². The molecule has 0 amide bonds. The lowest BCUT2D eigenvalue weighted by molar-refractivity contribution is 0.350. The zero-order valence-electron chi connectivity index (χ0n) is 9.28. The lowest BCUT2D eigenvalue weighted by Crippen LogP contribution is -2.14. The molecule has 0 saturated carbocycles. The van der Waals surface area contributed by atoms with Gasteiger partial charge in [0.05, 0.1) is 0 Å². The fourth-order valence-electron chi connectivity index (χ4n) is 1.41. The zero-order chi connectivity index (χ0) is 11.7. The molecule has 3 nitrogen and oxygen atoms in total. The van der Waals surface area contributed by atoms with Gasteiger partial charge in [-0.25, -0.2) is 4.39 Å². The summed E-state index contributed by atoms with van der Waals surface area (Å²) in [5.74, 6) is 0. The summed E-state index contributed by atoms with van der Waals surface area (Å²) >= 11 is 0. The molecule has 0 bridgehead atoms. The minimum absolute atomic E-state index is 0.0907. The highest BCUT2D eigenvalue weighted by Gasteiger charge is 2.20. The lowest BCUT2D eigenvalue weighted by atomic mass is 10.1. The van der Waals surface area contributed by atoms with Crippen LogP contribution in [0.4, 0.5) is 4.39 Å². The summed E-state index contributed by atoms with van der Waals surface area (Å²) in [6.45, 7) is 2.14. The van der Waals surface area contributed by atoms with Gasteiger partial charge < -0.3 is 0 Å². The second-order valence-corrected chi connectivity index (χ2v) is 5.38. The van der Waals surface area contributed by atoms with Crippen LogP contribution >= 0.6 is 0 Å². The Morgan fingerprint density at radius 3 is 2.00 bits per heavy atom. The minimum Gasteiger partial charge on any atom is -0.283 e. The van der Waals surface area contributed by atoms with Crippen LogP contribution in [0.1, 0.15) is 58.3 Å². The second kappa shape index (κ2) is 8.05. The number of unbranched alkanes of at least 4 members (excludes halogenated alkanes) is 6. The van der Waals surface area contributed by atoms with Crippen molar-refractivity contribution in [1.82, 2.24) is 0 Å². The summed E-state index contributed by atoms with van der Waals surface area (Å²) in [5, 5.41) is 0. The van der Waals surface area contributed by atoms with Crippen LogP contribution in [0.15, 0.2) is 0 Å². The van der Waals surface area contributed by atoms with Gasteiger partial charge in [-0.15, -0.1) is 0 Å². The monoisotopic (exact) mass is 240 g/mol. The molecular formula is C10H21FO3S. The standard InChI is InChI=1S/C10H21FO3S/c1-2-3-4-5-6-7-8-9-10(11)15(12,13)14/h10H,2-9H2,1H3,(H,12,13,14). The van der Waals surface area contributed by atoms with E-state index in [1.807, 2.05) is 0 Å². The quantitative estimate of drug-likeness (QED) is 0.497. The maximum Gasteiger partial charge on any atom is 0.297 e. The van der Waals surface area contributed by atoms with Gasteiger partial charge >= 0.3 is 0 Å². The Labute approximate surface area is 91.8 Å². The molecule has 0 saturated heterocycles. The van der Waals surface area contributed by atoms with Crippen molar-refractivity contribution >= 4 is 10.1 Å². The van der Waals surface area contributed by atoms with E-state index in [4.69, 9.17) is 4.55 Å². The van der Waals surface area contributed by atoms with Crippen molar-refractivity contribution in [3.63, 3.8) is 0 Å². The first kappa shape index (κ1) is 14.8. The topological polar surface area (TPSA) is 54.4 Å². The van der Waals surface area contributed by atoms with Crippen molar-refractivity contribution in [3.8, 4) is 0 Å². The van der Waals surface area contributed by atoms with Crippen LogP contribution < -0.4 is 0 Å². The highest BCUT2D eigenvalue weighted by molar-refractivity contribution is 7.86. The Morgan fingerprint density at radius 2 is 1.53 bits per heavy atom. The molecule has 0 aliphatic carbocycles. The number of hydrogen-bond acceptors (Lipinski definition) is 2. The minimum atomic E-state index is -4.47. The van der Waals surface area contributed by atoms with Crippen molar-refractivity contribution in [1.29, 1.82) is 0 Å². The molecule has 0 aromatic rings. The molecule has 0 spiro atoms. The number of halogens is 1. The third kappa shape index (κ3) is 8.81. The van der Waals surface area contributed by atoms with Crippen LogP contribution in [0.25, 0.3) is 0 Å². The van der Waals surface area contributed by atoms with Crippen LogP contribution in [0.2, 0.25) is 0 Å². The lowest BCUT2D eigenvalue weighted by Gasteiger charge is -2.04. The predicted molar refractivity (Wildman–Crippen MR) is 59.1 cm³/mol. The fourth-order valence-corrected chi connectivity index (χ4v) is 1.88. The Morgan fingerprint density at radius 1 is 1.07 bits per heavy atom. The van der Waals surface area contributed by atoms with E-state index in [1.165, 1.54) is 19.3 Å². The Kier molecular flexibility index (Phi) is 7.96. The van der Waals surface area contributed by atoms with Crippen LogP contribution in [-0.4, -0.2) is 18.5 Å². The zero-order valence-corrected chi connectivity index (χ0v) is 10.1. The van der Waals surface area contributed by atoms with Crippen molar-refractivity contribution in [3.05, 3.63) is 0 Å². The van der Waals surface area contributed by atoms with Crippen LogP contribution in [0, 0.1) is 0 Å². The molecule has 5 heteroatoms. The van der Waals surface area contributed by atoms with Gasteiger partial charge in [-0.3, -0.25) is 4.55 Å². The summed E-state index contributed by atoms with van der Waals surface area (Å²) in [7, 11) is -4.47. The summed E-state index contributed by atoms with van der Waals surface area (Å²) < 4.78 is 41.7. The number of hydrogen-bond donors (Lipinski definition) is 1. The van der Waals surface area contributed by atoms with Gasteiger partial charge in [0.15, 0.2) is 0 Å². The first-order chi connectivity index (χ1) is 6.98. The van der Waals surface area contributed by atoms with Gasteiger partial charge in [0.25, 0.3) is 10.1 Å². The first-order valence-electron chi connectivity index (χ1n) is 5.59. The van der Waals surface area contributed by atoms with Gasteiger partial charge in [-0.1, -0.05) is 45.4 Å². The molecule has 0 heterocycles. The predicted octanol–water partition coefficient (Wildman–Crippen LogP) is 3.31. The Bertz CT molecular complexity index is 239. The molecule has 15 heavy (non-hydrogen) atoms. The molecule has 0 rings (SSSR count). The molecule has 1 atom stereocenters. The first-order valence-corrected chi connectivity index (χ1v) is 7.09. The van der Waals surface area contributed by atoms with E-state index in [-0.39, 0.29) is 6.42 Å². The fraction of sp³-hybridized carbons (Fsp3) is 1.00. The van der Waals surface area contributed by atoms with Gasteiger partial charge in [0, 0.05) is 0 Å². The largest absolute Gasteiger partial charge is 0.297 e. The molecule has 0 radical (unpaired) electrons. The SMILES string of the molecule is CCCCCCCCCC(F)S(=O)(=O)O. The third-order valence-electron chi connectivity index (χ3n) is 2.36. The van der Waals surface area contributed by atoms with E-state index in [0.29, 0.717) is 6.42 Å². The molecule has 0 aromatic heterocycles. The van der Waals surface area contributed by atoms with Crippen molar-refractivity contribution in [2.75, 3.05) is 0 Å². The normalized spacial score (nSPS) is 14.1. The molecule has 0 aliphatic rings. The van der Waals surface area contributed by atoms with Crippen LogP contribution in [0.3, 0.4) is 0 Å². The van der Waals surface area contributed by atoms with Gasteiger partial charge in [0.2, 0.25) is 5.50 Å². The van der Waals surface area contributed by atoms with Crippen LogP contribution in [-0.2, 0) is 10.1 Å². The van der Waals surface area contributed by atoms with Gasteiger partial charge in [-0.2, -0.15) is 8.42 Å². The average molecular weight is 240 g/mol. The van der Waals surface area contributed by atoms with E-state index in [9.17, 15) is 12.8 Å². The van der Waals surface area contributed by atoms with Crippen molar-refractivity contribution in [2.24, 2.45) is 0 Å². The molecule has 1 unspecified atom stereocenters. The Balaban J connectivity index is 3.32. The molecule has 92 valence electrons. The number of rotatable bonds is 9. The maximum absolute atomic E-state index is 12.7. The van der Waals surface area contributed by atoms with E-state index in [0.717, 1.165) is 19.3 Å². The molecule has 0 fully saturated rings. The molecule has 1 N–H and O–H groups in total. The summed E-state index contributed by atoms with van der Waals surface area (Å²) in [6.07, 6.45) is 6.99. The summed E-state index contributed by atoms with van der Waals surface area (Å²) in [4.78, 5) is 0. The summed E-state index contributed by atoms with van der Waals surface area (Å²) in [5.41, 5.74) is -2.10. The Hall–Kier alpha value is -0.160. The molecular weight excluding hydrogens is 219 g/mol. The smallest absolute Gasteiger partial charge is 0.283 e. The van der Waals surface area contributed by atoms with Gasteiger partial charge in [-0.05, 0) is 12.8 Å². The van der Waals surface area contributed by atoms with Gasteiger partial charge in [0.1, 0.15) is 0 Å².